The van der Waals surface area contributed by atoms with Crippen molar-refractivity contribution in [1.29, 1.82) is 0 Å². The first kappa shape index (κ1) is 11.7. The molecule has 0 fully saturated rings. The van der Waals surface area contributed by atoms with Gasteiger partial charge >= 0.3 is 5.97 Å². The fraction of sp³-hybridized carbons (Fsp3) is 0.500. The molecule has 0 aromatic carbocycles. The van der Waals surface area contributed by atoms with Crippen LogP contribution in [0.15, 0.2) is 18.5 Å². The number of carbonyl (C=O) groups excluding carboxylic acids is 1. The first-order valence-electron chi connectivity index (χ1n) is 5.08. The molecular weight excluding hydrogens is 190 g/mol. The molecular formula is C12H17NO2. The van der Waals surface area contributed by atoms with Crippen LogP contribution in [0.25, 0.3) is 0 Å². The van der Waals surface area contributed by atoms with Crippen molar-refractivity contribution in [3.8, 4) is 0 Å². The highest BCUT2D eigenvalue weighted by molar-refractivity contribution is 5.89. The molecule has 0 aliphatic carbocycles. The van der Waals surface area contributed by atoms with Crippen LogP contribution in [0.1, 0.15) is 43.6 Å². The Morgan fingerprint density at radius 1 is 1.40 bits per heavy atom. The predicted octanol–water partition coefficient (Wildman–Crippen LogP) is 2.56. The van der Waals surface area contributed by atoms with Crippen LogP contribution in [0.2, 0.25) is 0 Å². The van der Waals surface area contributed by atoms with Crippen LogP contribution in [0.4, 0.5) is 0 Å². The van der Waals surface area contributed by atoms with E-state index in [0.717, 1.165) is 5.56 Å². The van der Waals surface area contributed by atoms with Crippen molar-refractivity contribution in [1.82, 2.24) is 4.98 Å². The molecule has 0 atom stereocenters. The van der Waals surface area contributed by atoms with E-state index in [1.807, 2.05) is 6.07 Å². The lowest BCUT2D eigenvalue weighted by Crippen LogP contribution is -2.13. The molecule has 0 saturated heterocycles. The van der Waals surface area contributed by atoms with E-state index in [4.69, 9.17) is 4.74 Å². The molecule has 1 aromatic heterocycles. The minimum atomic E-state index is -0.309. The first-order chi connectivity index (χ1) is 6.95. The number of aromatic nitrogens is 1. The quantitative estimate of drug-likeness (QED) is 0.699. The highest BCUT2D eigenvalue weighted by Gasteiger charge is 2.16. The minimum Gasteiger partial charge on any atom is -0.462 e. The van der Waals surface area contributed by atoms with Crippen LogP contribution in [0.3, 0.4) is 0 Å². The molecule has 0 spiro atoms. The zero-order valence-corrected chi connectivity index (χ0v) is 9.70. The van der Waals surface area contributed by atoms with E-state index in [1.54, 1.807) is 13.1 Å². The Bertz CT molecular complexity index is 353. The normalized spacial score (nSPS) is 11.2. The van der Waals surface area contributed by atoms with Crippen LogP contribution in [0.5, 0.6) is 0 Å². The molecule has 0 unspecified atom stereocenters. The van der Waals surface area contributed by atoms with E-state index in [0.29, 0.717) is 12.2 Å². The third-order valence-corrected chi connectivity index (χ3v) is 2.12. The van der Waals surface area contributed by atoms with Crippen molar-refractivity contribution in [2.45, 2.75) is 33.1 Å². The maximum Gasteiger partial charge on any atom is 0.339 e. The lowest BCUT2D eigenvalue weighted by atomic mass is 9.88. The summed E-state index contributed by atoms with van der Waals surface area (Å²) < 4.78 is 4.92. The maximum absolute atomic E-state index is 11.5. The van der Waals surface area contributed by atoms with Crippen molar-refractivity contribution >= 4 is 5.97 Å². The third kappa shape index (κ3) is 3.05. The summed E-state index contributed by atoms with van der Waals surface area (Å²) in [5, 5.41) is 0. The third-order valence-electron chi connectivity index (χ3n) is 2.12. The monoisotopic (exact) mass is 207 g/mol. The molecule has 1 aromatic rings. The van der Waals surface area contributed by atoms with Crippen LogP contribution in [-0.4, -0.2) is 17.6 Å². The Kier molecular flexibility index (Phi) is 3.45. The van der Waals surface area contributed by atoms with E-state index >= 15 is 0 Å². The standard InChI is InChI=1S/C12H17NO2/c1-5-15-11(14)9-6-10(8-13-7-9)12(2,3)4/h6-8H,5H2,1-4H3. The van der Waals surface area contributed by atoms with E-state index in [9.17, 15) is 4.79 Å². The number of esters is 1. The number of hydrogen-bond acceptors (Lipinski definition) is 3. The molecule has 0 aliphatic rings. The summed E-state index contributed by atoms with van der Waals surface area (Å²) in [4.78, 5) is 15.5. The highest BCUT2D eigenvalue weighted by Crippen LogP contribution is 2.21. The van der Waals surface area contributed by atoms with Crippen molar-refractivity contribution < 1.29 is 9.53 Å². The van der Waals surface area contributed by atoms with Crippen LogP contribution in [0, 0.1) is 0 Å². The average molecular weight is 207 g/mol. The van der Waals surface area contributed by atoms with Gasteiger partial charge in [-0.05, 0) is 24.0 Å². The number of nitrogens with zero attached hydrogens (tertiary/aromatic N) is 1. The number of hydrogen-bond donors (Lipinski definition) is 0. The summed E-state index contributed by atoms with van der Waals surface area (Å²) in [6.45, 7) is 8.42. The van der Waals surface area contributed by atoms with E-state index in [2.05, 4.69) is 25.8 Å². The van der Waals surface area contributed by atoms with Gasteiger partial charge in [-0.2, -0.15) is 0 Å². The molecule has 1 rings (SSSR count). The predicted molar refractivity (Wildman–Crippen MR) is 58.9 cm³/mol. The largest absolute Gasteiger partial charge is 0.462 e. The lowest BCUT2D eigenvalue weighted by Gasteiger charge is -2.18. The molecule has 0 aliphatic heterocycles. The highest BCUT2D eigenvalue weighted by atomic mass is 16.5. The van der Waals surface area contributed by atoms with Gasteiger partial charge in [0.25, 0.3) is 0 Å². The molecule has 0 amide bonds. The second-order valence-electron chi connectivity index (χ2n) is 4.43. The van der Waals surface area contributed by atoms with E-state index in [1.165, 1.54) is 6.20 Å². The van der Waals surface area contributed by atoms with Gasteiger partial charge in [0.15, 0.2) is 0 Å². The summed E-state index contributed by atoms with van der Waals surface area (Å²) in [6, 6.07) is 1.84. The summed E-state index contributed by atoms with van der Waals surface area (Å²) in [6.07, 6.45) is 3.32. The smallest absolute Gasteiger partial charge is 0.339 e. The molecule has 0 saturated carbocycles. The summed E-state index contributed by atoms with van der Waals surface area (Å²) in [5.74, 6) is -0.309. The SMILES string of the molecule is CCOC(=O)c1cncc(C(C)(C)C)c1. The minimum absolute atomic E-state index is 0.00446. The van der Waals surface area contributed by atoms with E-state index in [-0.39, 0.29) is 11.4 Å². The van der Waals surface area contributed by atoms with Gasteiger partial charge in [0, 0.05) is 12.4 Å². The van der Waals surface area contributed by atoms with Gasteiger partial charge < -0.3 is 4.74 Å². The van der Waals surface area contributed by atoms with Gasteiger partial charge in [0.05, 0.1) is 12.2 Å². The second-order valence-corrected chi connectivity index (χ2v) is 4.43. The molecule has 1 heterocycles. The topological polar surface area (TPSA) is 39.2 Å². The lowest BCUT2D eigenvalue weighted by molar-refractivity contribution is 0.0525. The molecule has 3 nitrogen and oxygen atoms in total. The Labute approximate surface area is 90.5 Å². The summed E-state index contributed by atoms with van der Waals surface area (Å²) >= 11 is 0. The zero-order chi connectivity index (χ0) is 11.5. The zero-order valence-electron chi connectivity index (χ0n) is 9.70. The van der Waals surface area contributed by atoms with E-state index < -0.39 is 0 Å². The number of ether oxygens (including phenoxy) is 1. The van der Waals surface area contributed by atoms with Crippen molar-refractivity contribution in [2.24, 2.45) is 0 Å². The number of carbonyl (C=O) groups is 1. The van der Waals surface area contributed by atoms with Crippen LogP contribution >= 0.6 is 0 Å². The number of rotatable bonds is 2. The molecule has 82 valence electrons. The Morgan fingerprint density at radius 2 is 2.07 bits per heavy atom. The molecule has 15 heavy (non-hydrogen) atoms. The fourth-order valence-corrected chi connectivity index (χ4v) is 1.18. The first-order valence-corrected chi connectivity index (χ1v) is 5.08. The fourth-order valence-electron chi connectivity index (χ4n) is 1.18. The maximum atomic E-state index is 11.5. The second kappa shape index (κ2) is 4.43. The van der Waals surface area contributed by atoms with Crippen molar-refractivity contribution in [3.63, 3.8) is 0 Å². The van der Waals surface area contributed by atoms with Gasteiger partial charge in [-0.1, -0.05) is 20.8 Å². The Balaban J connectivity index is 2.98. The van der Waals surface area contributed by atoms with Gasteiger partial charge in [-0.15, -0.1) is 0 Å². The van der Waals surface area contributed by atoms with Gasteiger partial charge in [-0.3, -0.25) is 4.98 Å². The molecule has 0 radical (unpaired) electrons. The van der Waals surface area contributed by atoms with Crippen LogP contribution in [-0.2, 0) is 10.2 Å². The number of pyridine rings is 1. The van der Waals surface area contributed by atoms with Gasteiger partial charge in [-0.25, -0.2) is 4.79 Å². The van der Waals surface area contributed by atoms with Crippen molar-refractivity contribution in [2.75, 3.05) is 6.61 Å². The van der Waals surface area contributed by atoms with Gasteiger partial charge in [0.1, 0.15) is 0 Å². The summed E-state index contributed by atoms with van der Waals surface area (Å²) in [7, 11) is 0. The molecule has 0 N–H and O–H groups in total. The van der Waals surface area contributed by atoms with Gasteiger partial charge in [0.2, 0.25) is 0 Å². The average Bonchev–Trinajstić information content (AvgIpc) is 2.17. The Hall–Kier alpha value is -1.38. The summed E-state index contributed by atoms with van der Waals surface area (Å²) in [5.41, 5.74) is 1.55. The molecule has 3 heteroatoms. The molecule has 0 bridgehead atoms. The van der Waals surface area contributed by atoms with Crippen molar-refractivity contribution in [3.05, 3.63) is 29.6 Å². The van der Waals surface area contributed by atoms with Crippen LogP contribution < -0.4 is 0 Å². The Morgan fingerprint density at radius 3 is 2.60 bits per heavy atom.